The Morgan fingerprint density at radius 2 is 2.00 bits per heavy atom. The number of hydrogen-bond donors (Lipinski definition) is 2. The van der Waals surface area contributed by atoms with Gasteiger partial charge in [0.1, 0.15) is 17.6 Å². The van der Waals surface area contributed by atoms with Gasteiger partial charge in [-0.05, 0) is 55.0 Å². The number of carbonyl (C=O) groups is 2. The minimum atomic E-state index is -0.743. The molecule has 2 heterocycles. The van der Waals surface area contributed by atoms with Crippen LogP contribution in [0.2, 0.25) is 0 Å². The van der Waals surface area contributed by atoms with E-state index in [0.29, 0.717) is 22.6 Å². The largest absolute Gasteiger partial charge is 0.455 e. The number of amides is 2. The highest BCUT2D eigenvalue weighted by Crippen LogP contribution is 2.30. The van der Waals surface area contributed by atoms with Gasteiger partial charge in [0.15, 0.2) is 0 Å². The number of rotatable bonds is 9. The van der Waals surface area contributed by atoms with Crippen molar-refractivity contribution >= 4 is 35.1 Å². The smallest absolute Gasteiger partial charge is 0.273 e. The average Bonchev–Trinajstić information content (AvgIpc) is 3.45. The molecule has 2 aromatic heterocycles. The number of thiophene rings is 1. The Hall–Kier alpha value is -3.79. The van der Waals surface area contributed by atoms with Gasteiger partial charge in [0.25, 0.3) is 11.6 Å². The number of nitrogens with zero attached hydrogens (tertiary/aromatic N) is 2. The summed E-state index contributed by atoms with van der Waals surface area (Å²) in [6.07, 6.45) is 1.55. The van der Waals surface area contributed by atoms with Gasteiger partial charge in [0.05, 0.1) is 17.6 Å². The Kier molecular flexibility index (Phi) is 7.95. The van der Waals surface area contributed by atoms with E-state index in [-0.39, 0.29) is 23.9 Å². The molecule has 2 amide bonds. The molecule has 0 radical (unpaired) electrons. The molecule has 0 aliphatic carbocycles. The number of furan rings is 1. The van der Waals surface area contributed by atoms with Crippen LogP contribution in [-0.4, -0.2) is 29.0 Å². The van der Waals surface area contributed by atoms with E-state index in [9.17, 15) is 19.7 Å². The number of hydrogen-bond acceptors (Lipinski definition) is 7. The van der Waals surface area contributed by atoms with Crippen LogP contribution < -0.4 is 10.7 Å². The summed E-state index contributed by atoms with van der Waals surface area (Å²) in [4.78, 5) is 36.7. The van der Waals surface area contributed by atoms with Crippen LogP contribution in [0.5, 0.6) is 0 Å². The summed E-state index contributed by atoms with van der Waals surface area (Å²) in [5.74, 6) is -0.0158. The lowest BCUT2D eigenvalue weighted by Crippen LogP contribution is -2.49. The molecule has 3 aromatic rings. The third-order valence-corrected chi connectivity index (χ3v) is 6.17. The topological polar surface area (TPSA) is 127 Å². The number of hydrazone groups is 1. The summed E-state index contributed by atoms with van der Waals surface area (Å²) < 4.78 is 5.72. The van der Waals surface area contributed by atoms with Gasteiger partial charge in [0, 0.05) is 22.1 Å². The van der Waals surface area contributed by atoms with Gasteiger partial charge in [-0.1, -0.05) is 19.9 Å². The summed E-state index contributed by atoms with van der Waals surface area (Å²) >= 11 is 1.48. The highest BCUT2D eigenvalue weighted by atomic mass is 32.1. The maximum atomic E-state index is 12.6. The van der Waals surface area contributed by atoms with Crippen LogP contribution in [0.1, 0.15) is 35.6 Å². The Bertz CT molecular complexity index is 1210. The zero-order chi connectivity index (χ0) is 24.8. The summed E-state index contributed by atoms with van der Waals surface area (Å²) in [5.41, 5.74) is 4.42. The van der Waals surface area contributed by atoms with Crippen LogP contribution in [0.15, 0.2) is 51.3 Å². The number of nitro benzene ring substituents is 1. The Morgan fingerprint density at radius 3 is 2.65 bits per heavy atom. The van der Waals surface area contributed by atoms with E-state index in [1.54, 1.807) is 26.0 Å². The van der Waals surface area contributed by atoms with E-state index in [2.05, 4.69) is 15.8 Å². The van der Waals surface area contributed by atoms with Gasteiger partial charge < -0.3 is 9.73 Å². The molecule has 0 spiro atoms. The summed E-state index contributed by atoms with van der Waals surface area (Å²) in [6, 6.07) is 9.61. The van der Waals surface area contributed by atoms with E-state index in [0.717, 1.165) is 10.4 Å². The molecular weight excluding hydrogens is 456 g/mol. The van der Waals surface area contributed by atoms with Crippen molar-refractivity contribution in [3.8, 4) is 11.3 Å². The van der Waals surface area contributed by atoms with Crippen molar-refractivity contribution in [2.24, 2.45) is 11.0 Å². The Labute approximate surface area is 201 Å². The van der Waals surface area contributed by atoms with Crippen LogP contribution in [0.3, 0.4) is 0 Å². The minimum Gasteiger partial charge on any atom is -0.455 e. The fraction of sp³-hybridized carbons (Fsp3) is 0.292. The lowest BCUT2D eigenvalue weighted by atomic mass is 10.0. The first-order valence-corrected chi connectivity index (χ1v) is 11.5. The molecule has 0 saturated heterocycles. The van der Waals surface area contributed by atoms with Gasteiger partial charge in [-0.2, -0.15) is 5.10 Å². The molecule has 178 valence electrons. The second kappa shape index (κ2) is 10.9. The first kappa shape index (κ1) is 24.8. The summed E-state index contributed by atoms with van der Waals surface area (Å²) in [5, 5.41) is 19.9. The fourth-order valence-electron chi connectivity index (χ4n) is 3.31. The second-order valence-electron chi connectivity index (χ2n) is 8.18. The van der Waals surface area contributed by atoms with Crippen molar-refractivity contribution in [1.29, 1.82) is 0 Å². The van der Waals surface area contributed by atoms with Gasteiger partial charge in [-0.3, -0.25) is 19.7 Å². The minimum absolute atomic E-state index is 0.0229. The molecule has 0 aliphatic rings. The number of nitro groups is 1. The average molecular weight is 483 g/mol. The normalized spacial score (nSPS) is 12.1. The van der Waals surface area contributed by atoms with Gasteiger partial charge in [-0.15, -0.1) is 11.3 Å². The number of benzene rings is 1. The van der Waals surface area contributed by atoms with Gasteiger partial charge >= 0.3 is 0 Å². The zero-order valence-electron chi connectivity index (χ0n) is 19.3. The molecule has 9 nitrogen and oxygen atoms in total. The lowest BCUT2D eigenvalue weighted by Gasteiger charge is -2.20. The maximum absolute atomic E-state index is 12.6. The van der Waals surface area contributed by atoms with Crippen LogP contribution >= 0.6 is 11.3 Å². The van der Waals surface area contributed by atoms with Crippen molar-refractivity contribution in [3.63, 3.8) is 0 Å². The van der Waals surface area contributed by atoms with E-state index in [1.807, 2.05) is 37.4 Å². The molecule has 1 unspecified atom stereocenters. The number of nitrogens with one attached hydrogen (secondary N) is 2. The number of aryl methyl sites for hydroxylation is 1. The maximum Gasteiger partial charge on any atom is 0.273 e. The molecule has 1 atom stereocenters. The molecule has 3 rings (SSSR count). The lowest BCUT2D eigenvalue weighted by molar-refractivity contribution is -0.385. The molecular formula is C24H26N4O5S. The third kappa shape index (κ3) is 6.16. The number of carbonyl (C=O) groups excluding carboxylic acids is 2. The third-order valence-electron chi connectivity index (χ3n) is 5.29. The standard InChI is InChI=1S/C24H26N4O5S/c1-14(2)23(26-22(29)12-19-6-5-9-34-19)24(30)27-25-13-18-7-8-21(33-18)17-10-15(3)16(4)20(11-17)28(31)32/h5-11,13-14,23H,12H2,1-4H3,(H,26,29)(H,27,30). The first-order valence-electron chi connectivity index (χ1n) is 10.7. The van der Waals surface area contributed by atoms with Crippen molar-refractivity contribution in [3.05, 3.63) is 73.7 Å². The van der Waals surface area contributed by atoms with Crippen molar-refractivity contribution in [2.45, 2.75) is 40.2 Å². The van der Waals surface area contributed by atoms with Crippen molar-refractivity contribution < 1.29 is 18.9 Å². The monoisotopic (exact) mass is 482 g/mol. The molecule has 0 saturated carbocycles. The highest BCUT2D eigenvalue weighted by molar-refractivity contribution is 7.10. The van der Waals surface area contributed by atoms with Gasteiger partial charge in [0.2, 0.25) is 5.91 Å². The molecule has 34 heavy (non-hydrogen) atoms. The first-order chi connectivity index (χ1) is 16.2. The summed E-state index contributed by atoms with van der Waals surface area (Å²) in [7, 11) is 0. The molecule has 1 aromatic carbocycles. The van der Waals surface area contributed by atoms with Crippen molar-refractivity contribution in [1.82, 2.24) is 10.7 Å². The molecule has 2 N–H and O–H groups in total. The van der Waals surface area contributed by atoms with E-state index >= 15 is 0 Å². The highest BCUT2D eigenvalue weighted by Gasteiger charge is 2.24. The molecule has 10 heteroatoms. The summed E-state index contributed by atoms with van der Waals surface area (Å²) in [6.45, 7) is 7.17. The predicted molar refractivity (Wildman–Crippen MR) is 131 cm³/mol. The van der Waals surface area contributed by atoms with Gasteiger partial charge in [-0.25, -0.2) is 5.43 Å². The Balaban J connectivity index is 1.64. The van der Waals surface area contributed by atoms with Crippen LogP contribution in [0.4, 0.5) is 5.69 Å². The van der Waals surface area contributed by atoms with E-state index < -0.39 is 16.9 Å². The molecule has 0 bridgehead atoms. The van der Waals surface area contributed by atoms with E-state index in [1.165, 1.54) is 23.6 Å². The van der Waals surface area contributed by atoms with Crippen LogP contribution in [0.25, 0.3) is 11.3 Å². The van der Waals surface area contributed by atoms with Crippen LogP contribution in [0, 0.1) is 29.9 Å². The fourth-order valence-corrected chi connectivity index (χ4v) is 4.01. The van der Waals surface area contributed by atoms with E-state index in [4.69, 9.17) is 4.42 Å². The zero-order valence-corrected chi connectivity index (χ0v) is 20.1. The molecule has 0 aliphatic heterocycles. The predicted octanol–water partition coefficient (Wildman–Crippen LogP) is 4.37. The SMILES string of the molecule is Cc1cc(-c2ccc(C=NNC(=O)C(NC(=O)Cc3cccs3)C(C)C)o2)cc([N+](=O)[O-])c1C. The molecule has 0 fully saturated rings. The Morgan fingerprint density at radius 1 is 1.24 bits per heavy atom. The quantitative estimate of drug-likeness (QED) is 0.266. The van der Waals surface area contributed by atoms with Crippen LogP contribution in [-0.2, 0) is 16.0 Å². The second-order valence-corrected chi connectivity index (χ2v) is 9.21. The van der Waals surface area contributed by atoms with Crippen molar-refractivity contribution in [2.75, 3.05) is 0 Å².